The Morgan fingerprint density at radius 1 is 0.578 bits per heavy atom. The number of carboxylic acids is 1. The zero-order valence-corrected chi connectivity index (χ0v) is 41.6. The van der Waals surface area contributed by atoms with Crippen molar-refractivity contribution >= 4 is 53.2 Å². The van der Waals surface area contributed by atoms with E-state index in [4.69, 9.17) is 33.6 Å². The molecule has 0 saturated carbocycles. The van der Waals surface area contributed by atoms with Gasteiger partial charge in [-0.1, -0.05) is 60.3 Å². The van der Waals surface area contributed by atoms with Gasteiger partial charge in [0.15, 0.2) is 0 Å². The predicted molar refractivity (Wildman–Crippen MR) is 249 cm³/mol. The van der Waals surface area contributed by atoms with Gasteiger partial charge in [-0.2, -0.15) is 21.4 Å². The van der Waals surface area contributed by atoms with E-state index in [2.05, 4.69) is 45.3 Å². The molecule has 16 heteroatoms. The molecular formula is C48H86N2O13S. The molecule has 2 atom stereocenters. The summed E-state index contributed by atoms with van der Waals surface area (Å²) in [5.74, 6) is 1.06. The van der Waals surface area contributed by atoms with Gasteiger partial charge in [0.05, 0.1) is 38.8 Å². The summed E-state index contributed by atoms with van der Waals surface area (Å²) in [6, 6.07) is 0. The van der Waals surface area contributed by atoms with Gasteiger partial charge in [0.1, 0.15) is 17.2 Å². The largest absolute Gasteiger partial charge is 0.481 e. The first kappa shape index (κ1) is 62.9. The van der Waals surface area contributed by atoms with E-state index in [1.807, 2.05) is 11.8 Å². The van der Waals surface area contributed by atoms with E-state index in [9.17, 15) is 28.8 Å². The maximum absolute atomic E-state index is 13.0. The number of thioether (sulfide) groups is 1. The summed E-state index contributed by atoms with van der Waals surface area (Å²) < 4.78 is 22.1. The monoisotopic (exact) mass is 931 g/mol. The van der Waals surface area contributed by atoms with Crippen molar-refractivity contribution < 1.29 is 62.4 Å². The van der Waals surface area contributed by atoms with Crippen molar-refractivity contribution in [3.63, 3.8) is 0 Å². The van der Waals surface area contributed by atoms with Gasteiger partial charge >= 0.3 is 18.1 Å². The molecule has 0 bridgehead atoms. The highest BCUT2D eigenvalue weighted by molar-refractivity contribution is 7.99. The molecule has 0 aliphatic rings. The summed E-state index contributed by atoms with van der Waals surface area (Å²) in [6.45, 7) is 19.9. The fourth-order valence-electron chi connectivity index (χ4n) is 6.86. The number of amides is 2. The molecule has 64 heavy (non-hydrogen) atoms. The Morgan fingerprint density at radius 2 is 1.02 bits per heavy atom. The number of hydrogen-bond acceptors (Lipinski definition) is 13. The number of hydrogen-bond donors (Lipinski definition) is 3. The molecule has 0 aliphatic heterocycles. The molecule has 3 N–H and O–H groups in total. The van der Waals surface area contributed by atoms with Crippen LogP contribution in [-0.2, 0) is 57.3 Å². The van der Waals surface area contributed by atoms with E-state index in [0.29, 0.717) is 102 Å². The smallest absolute Gasteiger partial charge is 0.373 e. The van der Waals surface area contributed by atoms with Crippen LogP contribution in [0.1, 0.15) is 171 Å². The van der Waals surface area contributed by atoms with Gasteiger partial charge in [-0.05, 0) is 94.5 Å². The molecule has 0 aromatic carbocycles. The summed E-state index contributed by atoms with van der Waals surface area (Å²) >= 11 is 1.97. The van der Waals surface area contributed by atoms with Crippen molar-refractivity contribution in [1.29, 1.82) is 0 Å². The number of carboxylic acid groups (broad SMARTS) is 1. The minimum Gasteiger partial charge on any atom is -0.481 e. The second kappa shape index (κ2) is 40.1. The summed E-state index contributed by atoms with van der Waals surface area (Å²) in [6.07, 6.45) is 12.1. The number of unbranched alkanes of at least 4 members (excludes halogenated alkanes) is 6. The third-order valence-corrected chi connectivity index (χ3v) is 11.3. The number of carbonyl (C=O) groups excluding carboxylic acids is 7. The Kier molecular flexibility index (Phi) is 39.5. The summed E-state index contributed by atoms with van der Waals surface area (Å²) in [5.41, 5.74) is -0.523. The minimum absolute atomic E-state index is 0.0304. The zero-order valence-electron chi connectivity index (χ0n) is 40.8. The first-order valence-corrected chi connectivity index (χ1v) is 24.7. The highest BCUT2D eigenvalue weighted by atomic mass is 32.2. The Labute approximate surface area is 389 Å². The maximum atomic E-state index is 13.0. The van der Waals surface area contributed by atoms with Gasteiger partial charge in [0.25, 0.3) is 0 Å². The molecule has 0 aromatic rings. The second-order valence-electron chi connectivity index (χ2n) is 18.6. The second-order valence-corrected chi connectivity index (χ2v) is 19.9. The lowest BCUT2D eigenvalue weighted by atomic mass is 9.71. The Hall–Kier alpha value is -3.17. The van der Waals surface area contributed by atoms with Gasteiger partial charge in [-0.3, -0.25) is 28.8 Å². The third-order valence-electron chi connectivity index (χ3n) is 10.2. The van der Waals surface area contributed by atoms with Crippen LogP contribution in [0, 0.1) is 23.2 Å². The van der Waals surface area contributed by atoms with Crippen LogP contribution in [0.4, 0.5) is 0 Å². The number of Topliss-reactive ketones (excluding diaryl/α,β-unsaturated/α-hetero) is 2. The van der Waals surface area contributed by atoms with E-state index >= 15 is 0 Å². The lowest BCUT2D eigenvalue weighted by Gasteiger charge is -2.33. The number of carbonyl (C=O) groups is 6. The quantitative estimate of drug-likeness (QED) is 0.0393. The average molecular weight is 931 g/mol. The van der Waals surface area contributed by atoms with E-state index in [-0.39, 0.29) is 61.3 Å². The van der Waals surface area contributed by atoms with Crippen molar-refractivity contribution in [3.8, 4) is 0 Å². The first-order valence-electron chi connectivity index (χ1n) is 23.5. The number of ketones is 2. The molecule has 0 fully saturated rings. The number of rotatable bonds is 40. The topological polar surface area (TPSA) is 218 Å². The van der Waals surface area contributed by atoms with Crippen LogP contribution < -0.4 is 10.6 Å². The molecule has 372 valence electrons. The van der Waals surface area contributed by atoms with Crippen molar-refractivity contribution in [2.45, 2.75) is 177 Å². The Morgan fingerprint density at radius 3 is 1.48 bits per heavy atom. The highest BCUT2D eigenvalue weighted by Crippen LogP contribution is 2.35. The van der Waals surface area contributed by atoms with Crippen molar-refractivity contribution in [3.05, 3.63) is 0 Å². The SMILES string of the molecule is CC(C)C(CC(=O)CCCCCCCSCCCCCC(=O)CC(CCC(=O)NCCCOCCOCCOCCCNC(=O)CCC(=O)O)C(=O)OC(C)(C)C)C(C)(C)C.O=C=O. The number of esters is 1. The first-order chi connectivity index (χ1) is 30.2. The van der Waals surface area contributed by atoms with E-state index in [1.54, 1.807) is 20.8 Å². The molecular weight excluding hydrogens is 845 g/mol. The minimum atomic E-state index is -0.997. The Bertz CT molecular complexity index is 1310. The van der Waals surface area contributed by atoms with Crippen LogP contribution in [0.15, 0.2) is 0 Å². The number of nitrogens with one attached hydrogen (secondary N) is 2. The zero-order chi connectivity index (χ0) is 48.7. The number of aliphatic carboxylic acids is 1. The average Bonchev–Trinajstić information content (AvgIpc) is 3.19. The fraction of sp³-hybridized carbons (Fsp3) is 0.854. The Balaban J connectivity index is 0. The van der Waals surface area contributed by atoms with Crippen LogP contribution in [0.3, 0.4) is 0 Å². The van der Waals surface area contributed by atoms with Crippen LogP contribution >= 0.6 is 11.8 Å². The fourth-order valence-corrected chi connectivity index (χ4v) is 7.89. The van der Waals surface area contributed by atoms with Gasteiger partial charge in [-0.25, -0.2) is 0 Å². The summed E-state index contributed by atoms with van der Waals surface area (Å²) in [4.78, 5) is 89.1. The predicted octanol–water partition coefficient (Wildman–Crippen LogP) is 7.94. The van der Waals surface area contributed by atoms with E-state index in [0.717, 1.165) is 43.6 Å². The summed E-state index contributed by atoms with van der Waals surface area (Å²) in [5, 5.41) is 14.1. The molecule has 0 rings (SSSR count). The standard InChI is InChI=1S/C47H86N2O11S.CO2/c1-37(2)41(46(3,4)5)36-40(51)20-13-10-9-11-15-33-61-34-16-12-14-19-39(50)35-38(45(56)60-47(6,7)8)21-22-42(52)48-25-17-27-57-29-31-59-32-30-58-28-18-26-49-43(53)23-24-44(54)55;2-1-3/h37-38,41H,9-36H2,1-8H3,(H,48,52)(H,49,53)(H,54,55);. The van der Waals surface area contributed by atoms with Gasteiger partial charge in [0.2, 0.25) is 11.8 Å². The maximum Gasteiger partial charge on any atom is 0.373 e. The van der Waals surface area contributed by atoms with Crippen LogP contribution in [0.2, 0.25) is 0 Å². The van der Waals surface area contributed by atoms with Gasteiger partial charge < -0.3 is 34.7 Å². The van der Waals surface area contributed by atoms with Crippen LogP contribution in [-0.4, -0.2) is 116 Å². The van der Waals surface area contributed by atoms with Crippen molar-refractivity contribution in [2.24, 2.45) is 23.2 Å². The van der Waals surface area contributed by atoms with Crippen LogP contribution in [0.25, 0.3) is 0 Å². The van der Waals surface area contributed by atoms with Gasteiger partial charge in [0, 0.05) is 64.8 Å². The van der Waals surface area contributed by atoms with Crippen LogP contribution in [0.5, 0.6) is 0 Å². The molecule has 0 aliphatic carbocycles. The van der Waals surface area contributed by atoms with E-state index < -0.39 is 23.5 Å². The lowest BCUT2D eigenvalue weighted by molar-refractivity contribution is -0.192. The van der Waals surface area contributed by atoms with Crippen molar-refractivity contribution in [1.82, 2.24) is 10.6 Å². The lowest BCUT2D eigenvalue weighted by Crippen LogP contribution is -2.31. The van der Waals surface area contributed by atoms with E-state index in [1.165, 1.54) is 19.3 Å². The van der Waals surface area contributed by atoms with Crippen molar-refractivity contribution in [2.75, 3.05) is 64.2 Å². The molecule has 0 saturated heterocycles. The van der Waals surface area contributed by atoms with Gasteiger partial charge in [-0.15, -0.1) is 0 Å². The molecule has 0 spiro atoms. The molecule has 15 nitrogen and oxygen atoms in total. The molecule has 0 heterocycles. The summed E-state index contributed by atoms with van der Waals surface area (Å²) in [7, 11) is 0. The molecule has 2 amide bonds. The normalized spacial score (nSPS) is 12.4. The molecule has 2 unspecified atom stereocenters. The number of ether oxygens (including phenoxy) is 4. The molecule has 0 aromatic heterocycles. The third kappa shape index (κ3) is 42.8. The highest BCUT2D eigenvalue weighted by Gasteiger charge is 2.29. The molecule has 0 radical (unpaired) electrons.